The molecule has 0 heterocycles. The molecule has 0 saturated carbocycles. The molecule has 0 spiro atoms. The van der Waals surface area contributed by atoms with Crippen molar-refractivity contribution in [3.8, 4) is 0 Å². The molecule has 0 aliphatic carbocycles. The Bertz CT molecular complexity index is 548. The summed E-state index contributed by atoms with van der Waals surface area (Å²) in [4.78, 5) is 10.9. The number of allylic oxidation sites excluding steroid dienone is 5. The van der Waals surface area contributed by atoms with E-state index in [1.54, 1.807) is 30.5 Å². The standard InChI is InChI=1S/C14H14N2O2S/c1-3-5-8-12(4-2)11-15-19-14-10-7-6-9-13(14)16(17)18/h3-11H,2H2,1H3/b5-3-,12-8+,15-11+. The summed E-state index contributed by atoms with van der Waals surface area (Å²) in [7, 11) is 0. The fraction of sp³-hybridized carbons (Fsp3) is 0.0714. The van der Waals surface area contributed by atoms with Crippen molar-refractivity contribution in [3.05, 3.63) is 70.8 Å². The number of nitro benzene ring substituents is 1. The van der Waals surface area contributed by atoms with Crippen LogP contribution in [0.3, 0.4) is 0 Å². The summed E-state index contributed by atoms with van der Waals surface area (Å²) in [5, 5.41) is 10.8. The SMILES string of the molecule is C=CC(/C=N/Sc1ccccc1[N+](=O)[O-])=C\C=C/C. The monoisotopic (exact) mass is 274 g/mol. The number of hydrogen-bond donors (Lipinski definition) is 0. The number of benzene rings is 1. The lowest BCUT2D eigenvalue weighted by atomic mass is 10.2. The summed E-state index contributed by atoms with van der Waals surface area (Å²) < 4.78 is 4.12. The van der Waals surface area contributed by atoms with Gasteiger partial charge in [-0.25, -0.2) is 4.40 Å². The Kier molecular flexibility index (Phi) is 6.32. The van der Waals surface area contributed by atoms with Crippen LogP contribution < -0.4 is 0 Å². The van der Waals surface area contributed by atoms with Crippen LogP contribution in [0.1, 0.15) is 6.92 Å². The van der Waals surface area contributed by atoms with Gasteiger partial charge in [0.05, 0.1) is 4.92 Å². The van der Waals surface area contributed by atoms with E-state index in [1.165, 1.54) is 6.07 Å². The first-order valence-electron chi connectivity index (χ1n) is 5.58. The average Bonchev–Trinajstić information content (AvgIpc) is 2.43. The van der Waals surface area contributed by atoms with Crippen LogP contribution in [0.2, 0.25) is 0 Å². The van der Waals surface area contributed by atoms with Crippen LogP contribution >= 0.6 is 11.9 Å². The lowest BCUT2D eigenvalue weighted by Gasteiger charge is -1.97. The summed E-state index contributed by atoms with van der Waals surface area (Å²) in [6.07, 6.45) is 8.92. The van der Waals surface area contributed by atoms with E-state index in [-0.39, 0.29) is 5.69 Å². The first kappa shape index (κ1) is 14.9. The highest BCUT2D eigenvalue weighted by Crippen LogP contribution is 2.29. The predicted molar refractivity (Wildman–Crippen MR) is 80.5 cm³/mol. The molecule has 0 bridgehead atoms. The second-order valence-corrected chi connectivity index (χ2v) is 4.28. The van der Waals surface area contributed by atoms with Crippen molar-refractivity contribution in [2.24, 2.45) is 4.40 Å². The summed E-state index contributed by atoms with van der Waals surface area (Å²) in [5.41, 5.74) is 0.895. The van der Waals surface area contributed by atoms with Crippen LogP contribution in [0.15, 0.2) is 70.0 Å². The van der Waals surface area contributed by atoms with Crippen LogP contribution in [0.5, 0.6) is 0 Å². The highest BCUT2D eigenvalue weighted by Gasteiger charge is 2.11. The van der Waals surface area contributed by atoms with Crippen LogP contribution in [-0.4, -0.2) is 11.1 Å². The van der Waals surface area contributed by atoms with Gasteiger partial charge >= 0.3 is 0 Å². The van der Waals surface area contributed by atoms with E-state index in [4.69, 9.17) is 0 Å². The number of rotatable bonds is 6. The molecule has 0 atom stereocenters. The van der Waals surface area contributed by atoms with Crippen molar-refractivity contribution in [2.45, 2.75) is 11.8 Å². The van der Waals surface area contributed by atoms with Gasteiger partial charge in [-0.2, -0.15) is 0 Å². The molecule has 0 aliphatic heterocycles. The zero-order chi connectivity index (χ0) is 14.1. The first-order chi connectivity index (χ1) is 9.19. The van der Waals surface area contributed by atoms with Gasteiger partial charge in [0.15, 0.2) is 0 Å². The minimum absolute atomic E-state index is 0.0576. The van der Waals surface area contributed by atoms with E-state index >= 15 is 0 Å². The van der Waals surface area contributed by atoms with Gasteiger partial charge in [0.25, 0.3) is 5.69 Å². The smallest absolute Gasteiger partial charge is 0.258 e. The van der Waals surface area contributed by atoms with Crippen LogP contribution in [0.4, 0.5) is 5.69 Å². The molecule has 1 aromatic carbocycles. The Morgan fingerprint density at radius 3 is 2.84 bits per heavy atom. The molecule has 1 aromatic rings. The molecule has 0 fully saturated rings. The van der Waals surface area contributed by atoms with Crippen LogP contribution in [0.25, 0.3) is 0 Å². The summed E-state index contributed by atoms with van der Waals surface area (Å²) >= 11 is 1.07. The lowest BCUT2D eigenvalue weighted by Crippen LogP contribution is -1.89. The number of nitrogens with zero attached hydrogens (tertiary/aromatic N) is 2. The van der Waals surface area contributed by atoms with E-state index < -0.39 is 4.92 Å². The number of nitro groups is 1. The average molecular weight is 274 g/mol. The van der Waals surface area contributed by atoms with Crippen molar-refractivity contribution in [3.63, 3.8) is 0 Å². The minimum atomic E-state index is -0.415. The van der Waals surface area contributed by atoms with Gasteiger partial charge in [-0.1, -0.05) is 43.0 Å². The molecule has 0 amide bonds. The van der Waals surface area contributed by atoms with Crippen LogP contribution in [0, 0.1) is 10.1 Å². The second kappa shape index (κ2) is 8.05. The molecular weight excluding hydrogens is 260 g/mol. The topological polar surface area (TPSA) is 55.5 Å². The molecular formula is C14H14N2O2S. The molecule has 0 N–H and O–H groups in total. The fourth-order valence-corrected chi connectivity index (χ4v) is 1.86. The predicted octanol–water partition coefficient (Wildman–Crippen LogP) is 4.36. The van der Waals surface area contributed by atoms with Gasteiger partial charge < -0.3 is 0 Å². The second-order valence-electron chi connectivity index (χ2n) is 3.45. The number of hydrogen-bond acceptors (Lipinski definition) is 4. The maximum absolute atomic E-state index is 10.8. The van der Waals surface area contributed by atoms with Gasteiger partial charge in [-0.05, 0) is 18.6 Å². The normalized spacial score (nSPS) is 12.2. The molecule has 0 radical (unpaired) electrons. The molecule has 0 unspecified atom stereocenters. The van der Waals surface area contributed by atoms with Crippen molar-refractivity contribution in [1.82, 2.24) is 0 Å². The maximum Gasteiger partial charge on any atom is 0.284 e. The summed E-state index contributed by atoms with van der Waals surface area (Å²) in [5.74, 6) is 0. The first-order valence-corrected chi connectivity index (χ1v) is 6.35. The van der Waals surface area contributed by atoms with Crippen molar-refractivity contribution < 1.29 is 4.92 Å². The highest BCUT2D eigenvalue weighted by atomic mass is 32.2. The Balaban J connectivity index is 2.82. The molecule has 5 heteroatoms. The quantitative estimate of drug-likeness (QED) is 0.254. The maximum atomic E-state index is 10.8. The minimum Gasteiger partial charge on any atom is -0.258 e. The molecule has 1 rings (SSSR count). The lowest BCUT2D eigenvalue weighted by molar-refractivity contribution is -0.387. The highest BCUT2D eigenvalue weighted by molar-refractivity contribution is 7.98. The molecule has 4 nitrogen and oxygen atoms in total. The molecule has 0 saturated heterocycles. The third-order valence-electron chi connectivity index (χ3n) is 2.13. The third kappa shape index (κ3) is 4.93. The third-order valence-corrected chi connectivity index (χ3v) is 2.88. The van der Waals surface area contributed by atoms with Crippen molar-refractivity contribution in [1.29, 1.82) is 0 Å². The van der Waals surface area contributed by atoms with E-state index in [2.05, 4.69) is 11.0 Å². The Hall–Kier alpha value is -2.14. The fourth-order valence-electron chi connectivity index (χ4n) is 1.20. The molecule has 0 aromatic heterocycles. The summed E-state index contributed by atoms with van der Waals surface area (Å²) in [6.45, 7) is 5.59. The largest absolute Gasteiger partial charge is 0.284 e. The number of para-hydroxylation sites is 1. The van der Waals surface area contributed by atoms with E-state index in [0.717, 1.165) is 17.5 Å². The van der Waals surface area contributed by atoms with Gasteiger partial charge in [-0.15, -0.1) is 0 Å². The van der Waals surface area contributed by atoms with Gasteiger partial charge in [0, 0.05) is 24.2 Å². The summed E-state index contributed by atoms with van der Waals surface area (Å²) in [6, 6.07) is 6.51. The van der Waals surface area contributed by atoms with E-state index in [9.17, 15) is 10.1 Å². The van der Waals surface area contributed by atoms with Crippen molar-refractivity contribution in [2.75, 3.05) is 0 Å². The van der Waals surface area contributed by atoms with Crippen molar-refractivity contribution >= 4 is 23.8 Å². The van der Waals surface area contributed by atoms with E-state index in [0.29, 0.717) is 4.90 Å². The zero-order valence-corrected chi connectivity index (χ0v) is 11.3. The van der Waals surface area contributed by atoms with Crippen LogP contribution in [-0.2, 0) is 0 Å². The molecule has 19 heavy (non-hydrogen) atoms. The van der Waals surface area contributed by atoms with E-state index in [1.807, 2.05) is 25.2 Å². The Morgan fingerprint density at radius 2 is 2.21 bits per heavy atom. The Labute approximate surface area is 116 Å². The van der Waals surface area contributed by atoms with Gasteiger partial charge in [0.1, 0.15) is 4.90 Å². The molecule has 0 aliphatic rings. The van der Waals surface area contributed by atoms with Gasteiger partial charge in [0.2, 0.25) is 0 Å². The molecule has 98 valence electrons. The Morgan fingerprint density at radius 1 is 1.47 bits per heavy atom. The van der Waals surface area contributed by atoms with Gasteiger partial charge in [-0.3, -0.25) is 10.1 Å². The zero-order valence-electron chi connectivity index (χ0n) is 10.5.